The van der Waals surface area contributed by atoms with Gasteiger partial charge in [-0.05, 0) is 12.5 Å². The fourth-order valence-corrected chi connectivity index (χ4v) is 1.38. The van der Waals surface area contributed by atoms with Gasteiger partial charge in [0.05, 0.1) is 0 Å². The van der Waals surface area contributed by atoms with E-state index >= 15 is 0 Å². The molecule has 1 rings (SSSR count). The first-order chi connectivity index (χ1) is 8.38. The zero-order valence-electron chi connectivity index (χ0n) is 9.45. The van der Waals surface area contributed by atoms with E-state index in [4.69, 9.17) is 5.73 Å². The molecule has 0 fully saturated rings. The van der Waals surface area contributed by atoms with E-state index in [9.17, 15) is 17.6 Å². The molecule has 1 aromatic rings. The number of benzene rings is 1. The molecule has 0 unspecified atom stereocenters. The summed E-state index contributed by atoms with van der Waals surface area (Å²) in [6, 6.07) is 4.96. The molecule has 18 heavy (non-hydrogen) atoms. The maximum absolute atomic E-state index is 12.8. The summed E-state index contributed by atoms with van der Waals surface area (Å²) in [6.45, 7) is 3.47. The lowest BCUT2D eigenvalue weighted by Crippen LogP contribution is -2.34. The van der Waals surface area contributed by atoms with Gasteiger partial charge in [-0.15, -0.1) is 6.58 Å². The smallest absolute Gasteiger partial charge is 0.428 e. The topological polar surface area (TPSA) is 35.2 Å². The molecule has 0 saturated heterocycles. The van der Waals surface area contributed by atoms with Gasteiger partial charge in [0, 0.05) is 11.6 Å². The Morgan fingerprint density at radius 3 is 2.50 bits per heavy atom. The maximum atomic E-state index is 12.8. The average molecular weight is 263 g/mol. The number of ether oxygens (including phenoxy) is 1. The highest BCUT2D eigenvalue weighted by atomic mass is 19.3. The van der Waals surface area contributed by atoms with Crippen LogP contribution in [0.3, 0.4) is 0 Å². The Morgan fingerprint density at radius 2 is 1.94 bits per heavy atom. The first-order valence-electron chi connectivity index (χ1n) is 5.19. The minimum absolute atomic E-state index is 0.234. The Kier molecular flexibility index (Phi) is 4.72. The summed E-state index contributed by atoms with van der Waals surface area (Å²) in [4.78, 5) is 0. The normalized spacial score (nSPS) is 13.4. The molecule has 0 radical (unpaired) electrons. The van der Waals surface area contributed by atoms with E-state index in [1.54, 1.807) is 6.07 Å². The molecule has 0 saturated carbocycles. The van der Waals surface area contributed by atoms with Crippen molar-refractivity contribution in [2.45, 2.75) is 25.0 Å². The Balaban J connectivity index is 2.99. The van der Waals surface area contributed by atoms with Crippen molar-refractivity contribution >= 4 is 0 Å². The molecule has 2 nitrogen and oxygen atoms in total. The highest BCUT2D eigenvalue weighted by Crippen LogP contribution is 2.32. The molecule has 1 aromatic carbocycles. The predicted molar refractivity (Wildman–Crippen MR) is 59.8 cm³/mol. The van der Waals surface area contributed by atoms with Crippen LogP contribution in [0.5, 0.6) is 5.75 Å². The second-order valence-electron chi connectivity index (χ2n) is 3.63. The maximum Gasteiger partial charge on any atom is 0.461 e. The largest absolute Gasteiger partial charge is 0.461 e. The van der Waals surface area contributed by atoms with Crippen LogP contribution in [0.4, 0.5) is 17.6 Å². The van der Waals surface area contributed by atoms with Crippen LogP contribution in [0, 0.1) is 0 Å². The molecule has 0 bridgehead atoms. The van der Waals surface area contributed by atoms with Crippen LogP contribution in [0.2, 0.25) is 0 Å². The number of rotatable bonds is 6. The molecule has 0 spiro atoms. The Morgan fingerprint density at radius 1 is 1.33 bits per heavy atom. The molecule has 0 amide bonds. The molecule has 1 atom stereocenters. The predicted octanol–water partition coefficient (Wildman–Crippen LogP) is 3.50. The van der Waals surface area contributed by atoms with Gasteiger partial charge in [0.1, 0.15) is 5.75 Å². The van der Waals surface area contributed by atoms with Gasteiger partial charge in [-0.1, -0.05) is 24.3 Å². The number of nitrogens with two attached hydrogens (primary N) is 1. The van der Waals surface area contributed by atoms with Gasteiger partial charge >= 0.3 is 12.5 Å². The van der Waals surface area contributed by atoms with Crippen LogP contribution in [0.1, 0.15) is 18.0 Å². The third kappa shape index (κ3) is 3.46. The van der Waals surface area contributed by atoms with E-state index in [1.165, 1.54) is 24.3 Å². The number of halogens is 4. The van der Waals surface area contributed by atoms with Gasteiger partial charge < -0.3 is 10.5 Å². The van der Waals surface area contributed by atoms with Crippen molar-refractivity contribution in [2.24, 2.45) is 5.73 Å². The van der Waals surface area contributed by atoms with Crippen molar-refractivity contribution in [3.05, 3.63) is 42.5 Å². The van der Waals surface area contributed by atoms with E-state index in [1.807, 2.05) is 0 Å². The van der Waals surface area contributed by atoms with E-state index in [2.05, 4.69) is 11.3 Å². The third-order valence-corrected chi connectivity index (χ3v) is 2.24. The van der Waals surface area contributed by atoms with Crippen molar-refractivity contribution in [1.82, 2.24) is 0 Å². The van der Waals surface area contributed by atoms with E-state index in [0.29, 0.717) is 6.42 Å². The van der Waals surface area contributed by atoms with Crippen LogP contribution < -0.4 is 10.5 Å². The first-order valence-corrected chi connectivity index (χ1v) is 5.19. The monoisotopic (exact) mass is 263 g/mol. The molecule has 0 aliphatic rings. The molecule has 2 N–H and O–H groups in total. The number of alkyl halides is 4. The number of para-hydroxylation sites is 1. The lowest BCUT2D eigenvalue weighted by molar-refractivity contribution is -0.253. The lowest BCUT2D eigenvalue weighted by Gasteiger charge is -2.21. The molecule has 100 valence electrons. The molecular formula is C12H13F4NO. The van der Waals surface area contributed by atoms with Gasteiger partial charge in [-0.25, -0.2) is 0 Å². The van der Waals surface area contributed by atoms with E-state index in [-0.39, 0.29) is 11.3 Å². The molecule has 0 aliphatic carbocycles. The van der Waals surface area contributed by atoms with Crippen molar-refractivity contribution in [3.8, 4) is 5.75 Å². The Labute approximate surface area is 102 Å². The molecular weight excluding hydrogens is 250 g/mol. The SMILES string of the molecule is C=CC[C@@H](N)c1ccccc1OC(F)(F)C(F)F. The van der Waals surface area contributed by atoms with Crippen molar-refractivity contribution in [3.63, 3.8) is 0 Å². The summed E-state index contributed by atoms with van der Waals surface area (Å²) in [7, 11) is 0. The molecule has 0 aromatic heterocycles. The summed E-state index contributed by atoms with van der Waals surface area (Å²) in [5.74, 6) is -0.350. The second-order valence-corrected chi connectivity index (χ2v) is 3.63. The number of hydrogen-bond acceptors (Lipinski definition) is 2. The summed E-state index contributed by atoms with van der Waals surface area (Å²) >= 11 is 0. The highest BCUT2D eigenvalue weighted by molar-refractivity contribution is 5.36. The fraction of sp³-hybridized carbons (Fsp3) is 0.333. The van der Waals surface area contributed by atoms with Crippen LogP contribution in [-0.2, 0) is 0 Å². The van der Waals surface area contributed by atoms with Gasteiger partial charge in [0.15, 0.2) is 0 Å². The fourth-order valence-electron chi connectivity index (χ4n) is 1.38. The van der Waals surface area contributed by atoms with Gasteiger partial charge in [-0.2, -0.15) is 17.6 Å². The summed E-state index contributed by atoms with van der Waals surface area (Å²) < 4.78 is 53.8. The average Bonchev–Trinajstić information content (AvgIpc) is 2.29. The lowest BCUT2D eigenvalue weighted by atomic mass is 10.0. The summed E-state index contributed by atoms with van der Waals surface area (Å²) in [6.07, 6.45) is -6.61. The standard InChI is InChI=1S/C12H13F4NO/c1-2-5-9(17)8-6-3-4-7-10(8)18-12(15,16)11(13)14/h2-4,6-7,9,11H,1,5,17H2/t9-/m1/s1. The zero-order chi connectivity index (χ0) is 13.8. The third-order valence-electron chi connectivity index (χ3n) is 2.24. The van der Waals surface area contributed by atoms with Crippen molar-refractivity contribution in [1.29, 1.82) is 0 Å². The van der Waals surface area contributed by atoms with Crippen LogP contribution >= 0.6 is 0 Å². The van der Waals surface area contributed by atoms with Gasteiger partial charge in [0.25, 0.3) is 0 Å². The van der Waals surface area contributed by atoms with Gasteiger partial charge in [0.2, 0.25) is 0 Å². The second kappa shape index (κ2) is 5.86. The summed E-state index contributed by atoms with van der Waals surface area (Å²) in [5.41, 5.74) is 5.95. The Bertz CT molecular complexity index is 409. The Hall–Kier alpha value is -1.56. The van der Waals surface area contributed by atoms with Crippen LogP contribution in [-0.4, -0.2) is 12.5 Å². The summed E-state index contributed by atoms with van der Waals surface area (Å²) in [5, 5.41) is 0. The van der Waals surface area contributed by atoms with Crippen LogP contribution in [0.15, 0.2) is 36.9 Å². The van der Waals surface area contributed by atoms with E-state index < -0.39 is 18.6 Å². The molecule has 0 aliphatic heterocycles. The molecule has 6 heteroatoms. The number of hydrogen-bond donors (Lipinski definition) is 1. The molecule has 0 heterocycles. The highest BCUT2D eigenvalue weighted by Gasteiger charge is 2.44. The van der Waals surface area contributed by atoms with Crippen molar-refractivity contribution < 1.29 is 22.3 Å². The van der Waals surface area contributed by atoms with E-state index in [0.717, 1.165) is 0 Å². The first kappa shape index (κ1) is 14.5. The minimum Gasteiger partial charge on any atom is -0.428 e. The minimum atomic E-state index is -4.54. The zero-order valence-corrected chi connectivity index (χ0v) is 9.45. The van der Waals surface area contributed by atoms with Crippen molar-refractivity contribution in [2.75, 3.05) is 0 Å². The quantitative estimate of drug-likeness (QED) is 0.629. The van der Waals surface area contributed by atoms with Gasteiger partial charge in [-0.3, -0.25) is 0 Å². The van der Waals surface area contributed by atoms with Crippen LogP contribution in [0.25, 0.3) is 0 Å².